The maximum Gasteiger partial charge on any atom is 0.248 e. The molecule has 0 saturated heterocycles. The quantitative estimate of drug-likeness (QED) is 0.592. The topological polar surface area (TPSA) is 68.5 Å². The van der Waals surface area contributed by atoms with Crippen molar-refractivity contribution in [2.75, 3.05) is 5.75 Å². The van der Waals surface area contributed by atoms with Crippen LogP contribution in [0.2, 0.25) is 0 Å². The van der Waals surface area contributed by atoms with E-state index in [0.717, 1.165) is 14.7 Å². The minimum Gasteiger partial charge on any atom is -0.319 e. The van der Waals surface area contributed by atoms with E-state index in [1.807, 2.05) is 29.8 Å². The molecule has 5 nitrogen and oxygen atoms in total. The molecule has 3 aromatic rings. The van der Waals surface area contributed by atoms with E-state index < -0.39 is 9.84 Å². The number of carbonyl (C=O) groups is 1. The van der Waals surface area contributed by atoms with Gasteiger partial charge in [0.15, 0.2) is 14.6 Å². The van der Waals surface area contributed by atoms with Crippen LogP contribution in [-0.2, 0) is 21.7 Å². The van der Waals surface area contributed by atoms with Crippen LogP contribution in [0, 0.1) is 0 Å². The zero-order chi connectivity index (χ0) is 18.7. The second-order valence-electron chi connectivity index (χ2n) is 5.80. The van der Waals surface area contributed by atoms with Crippen LogP contribution in [0.4, 0.5) is 0 Å². The number of amides is 1. The van der Waals surface area contributed by atoms with E-state index in [4.69, 9.17) is 0 Å². The van der Waals surface area contributed by atoms with E-state index in [1.165, 1.54) is 11.3 Å². The predicted molar refractivity (Wildman–Crippen MR) is 107 cm³/mol. The molecule has 2 aromatic carbocycles. The van der Waals surface area contributed by atoms with Gasteiger partial charge in [-0.25, -0.2) is 8.42 Å². The van der Waals surface area contributed by atoms with Crippen molar-refractivity contribution in [3.63, 3.8) is 0 Å². The summed E-state index contributed by atoms with van der Waals surface area (Å²) in [5, 5.41) is 0. The maximum absolute atomic E-state index is 12.2. The molecule has 0 saturated carbocycles. The molecule has 0 aliphatic heterocycles. The van der Waals surface area contributed by atoms with Crippen molar-refractivity contribution in [1.29, 1.82) is 0 Å². The van der Waals surface area contributed by atoms with Crippen molar-refractivity contribution in [1.82, 2.24) is 4.57 Å². The van der Waals surface area contributed by atoms with Gasteiger partial charge in [0.2, 0.25) is 5.91 Å². The molecule has 136 valence electrons. The molecule has 0 radical (unpaired) electrons. The van der Waals surface area contributed by atoms with Crippen molar-refractivity contribution in [3.8, 4) is 0 Å². The van der Waals surface area contributed by atoms with E-state index >= 15 is 0 Å². The fraction of sp³-hybridized carbons (Fsp3) is 0.222. The first-order valence-corrected chi connectivity index (χ1v) is 11.2. The second-order valence-corrected chi connectivity index (χ2v) is 9.83. The molecule has 8 heteroatoms. The third kappa shape index (κ3) is 4.31. The summed E-state index contributed by atoms with van der Waals surface area (Å²) >= 11 is 4.86. The van der Waals surface area contributed by atoms with E-state index in [9.17, 15) is 13.2 Å². The molecule has 0 spiro atoms. The largest absolute Gasteiger partial charge is 0.319 e. The number of benzene rings is 2. The number of sulfone groups is 1. The van der Waals surface area contributed by atoms with Crippen LogP contribution < -0.4 is 4.80 Å². The number of rotatable bonds is 5. The molecule has 3 rings (SSSR count). The van der Waals surface area contributed by atoms with Crippen LogP contribution in [0.25, 0.3) is 10.2 Å². The first-order valence-electron chi connectivity index (χ1n) is 7.97. The van der Waals surface area contributed by atoms with Crippen LogP contribution in [0.5, 0.6) is 0 Å². The summed E-state index contributed by atoms with van der Waals surface area (Å²) in [5.74, 6) is -0.376. The van der Waals surface area contributed by atoms with Crippen molar-refractivity contribution in [2.45, 2.75) is 17.7 Å². The lowest BCUT2D eigenvalue weighted by atomic mass is 10.3. The van der Waals surface area contributed by atoms with Gasteiger partial charge in [0.1, 0.15) is 0 Å². The number of hydrogen-bond acceptors (Lipinski definition) is 4. The third-order valence-corrected chi connectivity index (χ3v) is 7.30. The lowest BCUT2D eigenvalue weighted by Gasteiger charge is -2.02. The highest BCUT2D eigenvalue weighted by Gasteiger charge is 2.14. The summed E-state index contributed by atoms with van der Waals surface area (Å²) in [7, 11) is -1.50. The number of aromatic nitrogens is 1. The Labute approximate surface area is 164 Å². The summed E-state index contributed by atoms with van der Waals surface area (Å²) < 4.78 is 28.3. The Morgan fingerprint density at radius 2 is 1.92 bits per heavy atom. The molecule has 26 heavy (non-hydrogen) atoms. The molecule has 0 unspecified atom stereocenters. The number of hydrogen-bond donors (Lipinski definition) is 0. The van der Waals surface area contributed by atoms with Crippen molar-refractivity contribution in [2.24, 2.45) is 12.0 Å². The Balaban J connectivity index is 1.70. The summed E-state index contributed by atoms with van der Waals surface area (Å²) in [6.07, 6.45) is 0.351. The number of fused-ring (bicyclic) bond motifs is 1. The van der Waals surface area contributed by atoms with Crippen LogP contribution in [0.15, 0.2) is 62.9 Å². The van der Waals surface area contributed by atoms with Crippen molar-refractivity contribution >= 4 is 53.2 Å². The number of nitrogens with zero attached hydrogens (tertiary/aromatic N) is 2. The van der Waals surface area contributed by atoms with Gasteiger partial charge in [0.25, 0.3) is 0 Å². The molecule has 0 atom stereocenters. The first-order chi connectivity index (χ1) is 12.4. The smallest absolute Gasteiger partial charge is 0.248 e. The highest BCUT2D eigenvalue weighted by Crippen LogP contribution is 2.21. The van der Waals surface area contributed by atoms with Gasteiger partial charge in [-0.2, -0.15) is 4.99 Å². The van der Waals surface area contributed by atoms with E-state index in [1.54, 1.807) is 30.3 Å². The average Bonchev–Trinajstić information content (AvgIpc) is 2.90. The van der Waals surface area contributed by atoms with Crippen LogP contribution in [0.3, 0.4) is 0 Å². The predicted octanol–water partition coefficient (Wildman–Crippen LogP) is 3.68. The van der Waals surface area contributed by atoms with Crippen LogP contribution in [0.1, 0.15) is 12.8 Å². The average molecular weight is 453 g/mol. The fourth-order valence-corrected chi connectivity index (χ4v) is 5.46. The molecule has 0 aliphatic carbocycles. The molecular formula is C18H17BrN2O3S2. The molecule has 1 amide bonds. The summed E-state index contributed by atoms with van der Waals surface area (Å²) in [6, 6.07) is 14.2. The Bertz CT molecular complexity index is 1120. The van der Waals surface area contributed by atoms with Crippen LogP contribution >= 0.6 is 27.3 Å². The molecule has 0 aliphatic rings. The normalized spacial score (nSPS) is 12.6. The molecule has 1 heterocycles. The van der Waals surface area contributed by atoms with E-state index in [2.05, 4.69) is 20.9 Å². The monoisotopic (exact) mass is 452 g/mol. The lowest BCUT2D eigenvalue weighted by Crippen LogP contribution is -2.14. The summed E-state index contributed by atoms with van der Waals surface area (Å²) in [4.78, 5) is 17.2. The second kappa shape index (κ2) is 7.85. The maximum atomic E-state index is 12.2. The minimum absolute atomic E-state index is 0.0657. The fourth-order valence-electron chi connectivity index (χ4n) is 2.54. The Morgan fingerprint density at radius 1 is 1.19 bits per heavy atom. The first kappa shape index (κ1) is 19.0. The van der Waals surface area contributed by atoms with Gasteiger partial charge >= 0.3 is 0 Å². The molecule has 0 bridgehead atoms. The van der Waals surface area contributed by atoms with Gasteiger partial charge in [-0.15, -0.1) is 0 Å². The number of carbonyl (C=O) groups excluding carboxylic acids is 1. The molecule has 1 aromatic heterocycles. The van der Waals surface area contributed by atoms with Crippen molar-refractivity contribution < 1.29 is 13.2 Å². The zero-order valence-electron chi connectivity index (χ0n) is 14.1. The zero-order valence-corrected chi connectivity index (χ0v) is 17.3. The van der Waals surface area contributed by atoms with E-state index in [0.29, 0.717) is 4.80 Å². The van der Waals surface area contributed by atoms with Crippen LogP contribution in [-0.4, -0.2) is 24.6 Å². The highest BCUT2D eigenvalue weighted by atomic mass is 79.9. The number of aryl methyl sites for hydroxylation is 1. The molecule has 0 N–H and O–H groups in total. The lowest BCUT2D eigenvalue weighted by molar-refractivity contribution is -0.118. The van der Waals surface area contributed by atoms with Gasteiger partial charge in [-0.1, -0.05) is 45.5 Å². The Morgan fingerprint density at radius 3 is 2.65 bits per heavy atom. The summed E-state index contributed by atoms with van der Waals surface area (Å²) in [5.41, 5.74) is 0.997. The molecule has 0 fully saturated rings. The van der Waals surface area contributed by atoms with Crippen molar-refractivity contribution in [3.05, 3.63) is 57.8 Å². The minimum atomic E-state index is -3.36. The standard InChI is InChI=1S/C18H17BrN2O3S2/c1-21-15-10-9-13(19)12-16(15)25-18(21)20-17(22)8-5-11-26(23,24)14-6-3-2-4-7-14/h2-4,6-7,9-10,12H,5,8,11H2,1H3. The van der Waals surface area contributed by atoms with Gasteiger partial charge in [0.05, 0.1) is 20.9 Å². The van der Waals surface area contributed by atoms with E-state index in [-0.39, 0.29) is 29.4 Å². The number of halogens is 1. The third-order valence-electron chi connectivity index (χ3n) is 3.90. The molecular weight excluding hydrogens is 436 g/mol. The highest BCUT2D eigenvalue weighted by molar-refractivity contribution is 9.10. The SMILES string of the molecule is Cn1c(=NC(=O)CCCS(=O)(=O)c2ccccc2)sc2cc(Br)ccc21. The van der Waals surface area contributed by atoms with Gasteiger partial charge in [0, 0.05) is 17.9 Å². The Kier molecular flexibility index (Phi) is 5.74. The van der Waals surface area contributed by atoms with Gasteiger partial charge < -0.3 is 4.57 Å². The number of thiazole rings is 1. The Hall–Kier alpha value is -1.77. The van der Waals surface area contributed by atoms with Gasteiger partial charge in [-0.3, -0.25) is 4.79 Å². The van der Waals surface area contributed by atoms with Gasteiger partial charge in [-0.05, 0) is 36.8 Å². The summed E-state index contributed by atoms with van der Waals surface area (Å²) in [6.45, 7) is 0.